The van der Waals surface area contributed by atoms with E-state index >= 15 is 0 Å². The smallest absolute Gasteiger partial charge is 0.253 e. The number of rotatable bonds is 4. The minimum absolute atomic E-state index is 0.0499. The Labute approximate surface area is 123 Å². The number of oxime groups is 1. The Hall–Kier alpha value is -2.82. The van der Waals surface area contributed by atoms with Crippen molar-refractivity contribution in [3.05, 3.63) is 71.3 Å². The van der Waals surface area contributed by atoms with Crippen molar-refractivity contribution < 1.29 is 10.0 Å². The highest BCUT2D eigenvalue weighted by Crippen LogP contribution is 2.10. The van der Waals surface area contributed by atoms with Gasteiger partial charge in [0.25, 0.3) is 5.91 Å². The molecule has 0 heterocycles. The average molecular weight is 283 g/mol. The van der Waals surface area contributed by atoms with Crippen LogP contribution in [0.4, 0.5) is 0 Å². The Bertz CT molecular complexity index is 654. The summed E-state index contributed by atoms with van der Waals surface area (Å²) in [7, 11) is 1.74. The molecule has 108 valence electrons. The molecule has 0 bridgehead atoms. The zero-order chi connectivity index (χ0) is 15.2. The number of benzene rings is 2. The lowest BCUT2D eigenvalue weighted by atomic mass is 10.1. The number of carbonyl (C=O) groups is 1. The van der Waals surface area contributed by atoms with Gasteiger partial charge in [-0.2, -0.15) is 0 Å². The summed E-state index contributed by atoms with van der Waals surface area (Å²) in [6, 6.07) is 16.3. The molecular weight excluding hydrogens is 266 g/mol. The summed E-state index contributed by atoms with van der Waals surface area (Å²) in [4.78, 5) is 13.9. The number of carbonyl (C=O) groups excluding carboxylic acids is 1. The first-order valence-corrected chi connectivity index (χ1v) is 6.49. The van der Waals surface area contributed by atoms with Crippen LogP contribution in [0.3, 0.4) is 0 Å². The van der Waals surface area contributed by atoms with Crippen LogP contribution in [-0.2, 0) is 6.54 Å². The maximum atomic E-state index is 12.3. The molecule has 1 amide bonds. The second-order valence-electron chi connectivity index (χ2n) is 4.71. The third-order valence-electron chi connectivity index (χ3n) is 3.12. The van der Waals surface area contributed by atoms with E-state index in [4.69, 9.17) is 10.9 Å². The van der Waals surface area contributed by atoms with Crippen molar-refractivity contribution >= 4 is 11.7 Å². The molecule has 0 aliphatic rings. The van der Waals surface area contributed by atoms with E-state index in [0.717, 1.165) is 5.56 Å². The van der Waals surface area contributed by atoms with Gasteiger partial charge >= 0.3 is 0 Å². The first-order valence-electron chi connectivity index (χ1n) is 6.49. The van der Waals surface area contributed by atoms with Crippen molar-refractivity contribution in [2.24, 2.45) is 10.9 Å². The SMILES string of the molecule is CN(Cc1cccc(C(N)=NO)c1)C(=O)c1ccccc1. The number of nitrogens with two attached hydrogens (primary N) is 1. The molecule has 5 nitrogen and oxygen atoms in total. The van der Waals surface area contributed by atoms with E-state index in [9.17, 15) is 4.79 Å². The molecule has 0 aromatic heterocycles. The molecule has 0 atom stereocenters. The number of hydrogen-bond donors (Lipinski definition) is 2. The molecule has 0 aliphatic carbocycles. The third-order valence-corrected chi connectivity index (χ3v) is 3.12. The molecular formula is C16H17N3O2. The minimum Gasteiger partial charge on any atom is -0.409 e. The second kappa shape index (κ2) is 6.56. The van der Waals surface area contributed by atoms with E-state index in [2.05, 4.69) is 5.16 Å². The van der Waals surface area contributed by atoms with Crippen molar-refractivity contribution in [1.82, 2.24) is 4.90 Å². The van der Waals surface area contributed by atoms with Crippen molar-refractivity contribution in [1.29, 1.82) is 0 Å². The van der Waals surface area contributed by atoms with Gasteiger partial charge in [-0.05, 0) is 23.8 Å². The minimum atomic E-state index is -0.0511. The molecule has 0 radical (unpaired) electrons. The Balaban J connectivity index is 2.13. The van der Waals surface area contributed by atoms with Crippen LogP contribution in [-0.4, -0.2) is 28.9 Å². The van der Waals surface area contributed by atoms with Crippen LogP contribution in [0.5, 0.6) is 0 Å². The first-order chi connectivity index (χ1) is 10.1. The molecule has 0 spiro atoms. The van der Waals surface area contributed by atoms with E-state index in [1.54, 1.807) is 36.2 Å². The maximum Gasteiger partial charge on any atom is 0.253 e. The molecule has 21 heavy (non-hydrogen) atoms. The van der Waals surface area contributed by atoms with E-state index in [1.807, 2.05) is 30.3 Å². The Morgan fingerprint density at radius 2 is 1.81 bits per heavy atom. The summed E-state index contributed by atoms with van der Waals surface area (Å²) in [5.74, 6) is -0.00121. The van der Waals surface area contributed by atoms with Gasteiger partial charge < -0.3 is 15.8 Å². The summed E-state index contributed by atoms with van der Waals surface area (Å²) >= 11 is 0. The van der Waals surface area contributed by atoms with Crippen LogP contribution in [0.15, 0.2) is 59.8 Å². The number of nitrogens with zero attached hydrogens (tertiary/aromatic N) is 2. The lowest BCUT2D eigenvalue weighted by molar-refractivity contribution is 0.0785. The standard InChI is InChI=1S/C16H17N3O2/c1-19(16(20)13-7-3-2-4-8-13)11-12-6-5-9-14(10-12)15(17)18-21/h2-10,21H,11H2,1H3,(H2,17,18). The number of hydrogen-bond acceptors (Lipinski definition) is 3. The van der Waals surface area contributed by atoms with Crippen LogP contribution < -0.4 is 5.73 Å². The Kier molecular flexibility index (Phi) is 4.56. The molecule has 0 fully saturated rings. The van der Waals surface area contributed by atoms with Gasteiger partial charge in [0.2, 0.25) is 0 Å². The summed E-state index contributed by atoms with van der Waals surface area (Å²) in [5.41, 5.74) is 7.74. The molecule has 2 aromatic rings. The maximum absolute atomic E-state index is 12.3. The molecule has 0 unspecified atom stereocenters. The highest BCUT2D eigenvalue weighted by Gasteiger charge is 2.11. The first kappa shape index (κ1) is 14.6. The summed E-state index contributed by atoms with van der Waals surface area (Å²) < 4.78 is 0. The predicted molar refractivity (Wildman–Crippen MR) is 81.2 cm³/mol. The molecule has 5 heteroatoms. The van der Waals surface area contributed by atoms with Crippen LogP contribution in [0.25, 0.3) is 0 Å². The van der Waals surface area contributed by atoms with Gasteiger partial charge in [-0.15, -0.1) is 0 Å². The monoisotopic (exact) mass is 283 g/mol. The van der Waals surface area contributed by atoms with Crippen molar-refractivity contribution in [2.45, 2.75) is 6.54 Å². The quantitative estimate of drug-likeness (QED) is 0.390. The van der Waals surface area contributed by atoms with Crippen LogP contribution >= 0.6 is 0 Å². The lowest BCUT2D eigenvalue weighted by Gasteiger charge is -2.17. The fourth-order valence-electron chi connectivity index (χ4n) is 2.03. The van der Waals surface area contributed by atoms with Crippen LogP contribution in [0.2, 0.25) is 0 Å². The van der Waals surface area contributed by atoms with Crippen molar-refractivity contribution in [2.75, 3.05) is 7.05 Å². The molecule has 2 aromatic carbocycles. The molecule has 0 saturated carbocycles. The zero-order valence-electron chi connectivity index (χ0n) is 11.7. The van der Waals surface area contributed by atoms with E-state index < -0.39 is 0 Å². The van der Waals surface area contributed by atoms with Gasteiger partial charge in [0.05, 0.1) is 0 Å². The Morgan fingerprint density at radius 1 is 1.14 bits per heavy atom. The number of amides is 1. The van der Waals surface area contributed by atoms with Crippen LogP contribution in [0, 0.1) is 0 Å². The van der Waals surface area contributed by atoms with Gasteiger partial charge in [-0.25, -0.2) is 0 Å². The van der Waals surface area contributed by atoms with Gasteiger partial charge in [0.15, 0.2) is 5.84 Å². The molecule has 0 saturated heterocycles. The van der Waals surface area contributed by atoms with E-state index in [1.165, 1.54) is 0 Å². The average Bonchev–Trinajstić information content (AvgIpc) is 2.54. The van der Waals surface area contributed by atoms with Crippen molar-refractivity contribution in [3.63, 3.8) is 0 Å². The predicted octanol–water partition coefficient (Wildman–Crippen LogP) is 2.05. The Morgan fingerprint density at radius 3 is 2.48 bits per heavy atom. The fourth-order valence-corrected chi connectivity index (χ4v) is 2.03. The third kappa shape index (κ3) is 3.60. The normalized spacial score (nSPS) is 11.2. The van der Waals surface area contributed by atoms with Gasteiger partial charge in [-0.3, -0.25) is 4.79 Å². The van der Waals surface area contributed by atoms with Crippen molar-refractivity contribution in [3.8, 4) is 0 Å². The molecule has 3 N–H and O–H groups in total. The van der Waals surface area contributed by atoms with Gasteiger partial charge in [0, 0.05) is 24.7 Å². The summed E-state index contributed by atoms with van der Waals surface area (Å²) in [6.07, 6.45) is 0. The molecule has 2 rings (SSSR count). The lowest BCUT2D eigenvalue weighted by Crippen LogP contribution is -2.26. The van der Waals surface area contributed by atoms with E-state index in [0.29, 0.717) is 17.7 Å². The summed E-state index contributed by atoms with van der Waals surface area (Å²) in [6.45, 7) is 0.445. The largest absolute Gasteiger partial charge is 0.409 e. The highest BCUT2D eigenvalue weighted by atomic mass is 16.4. The van der Waals surface area contributed by atoms with Gasteiger partial charge in [0.1, 0.15) is 0 Å². The zero-order valence-corrected chi connectivity index (χ0v) is 11.7. The second-order valence-corrected chi connectivity index (χ2v) is 4.71. The fraction of sp³-hybridized carbons (Fsp3) is 0.125. The van der Waals surface area contributed by atoms with Gasteiger partial charge in [-0.1, -0.05) is 41.6 Å². The highest BCUT2D eigenvalue weighted by molar-refractivity contribution is 5.97. The summed E-state index contributed by atoms with van der Waals surface area (Å²) in [5, 5.41) is 11.7. The number of amidine groups is 1. The van der Waals surface area contributed by atoms with Crippen LogP contribution in [0.1, 0.15) is 21.5 Å². The topological polar surface area (TPSA) is 78.9 Å². The van der Waals surface area contributed by atoms with E-state index in [-0.39, 0.29) is 11.7 Å². The molecule has 0 aliphatic heterocycles.